The topological polar surface area (TPSA) is 39.2 Å². The van der Waals surface area contributed by atoms with Crippen LogP contribution in [0.4, 0.5) is 4.39 Å². The first-order valence-electron chi connectivity index (χ1n) is 5.65. The van der Waals surface area contributed by atoms with Gasteiger partial charge in [-0.2, -0.15) is 0 Å². The Bertz CT molecular complexity index is 602. The number of benzene rings is 1. The van der Waals surface area contributed by atoms with E-state index in [9.17, 15) is 9.18 Å². The third-order valence-electron chi connectivity index (χ3n) is 2.26. The summed E-state index contributed by atoms with van der Waals surface area (Å²) in [6.45, 7) is 5.35. The van der Waals surface area contributed by atoms with Gasteiger partial charge in [0, 0.05) is 11.5 Å². The number of halogens is 1. The number of rotatable bonds is 1. The Morgan fingerprint density at radius 1 is 1.22 bits per heavy atom. The molecule has 0 bridgehead atoms. The average Bonchev–Trinajstić information content (AvgIpc) is 2.25. The molecule has 1 aromatic heterocycles. The maximum atomic E-state index is 13.1. The number of carbonyl (C=O) groups excluding carboxylic acids is 1. The predicted molar refractivity (Wildman–Crippen MR) is 66.9 cm³/mol. The van der Waals surface area contributed by atoms with Gasteiger partial charge in [-0.15, -0.1) is 0 Å². The molecule has 3 nitrogen and oxygen atoms in total. The van der Waals surface area contributed by atoms with Gasteiger partial charge < -0.3 is 4.74 Å². The molecule has 0 N–H and O–H groups in total. The summed E-state index contributed by atoms with van der Waals surface area (Å²) in [7, 11) is 0. The van der Waals surface area contributed by atoms with Gasteiger partial charge in [0.2, 0.25) is 0 Å². The second kappa shape index (κ2) is 4.37. The first-order chi connectivity index (χ1) is 8.35. The van der Waals surface area contributed by atoms with Crippen molar-refractivity contribution >= 4 is 16.9 Å². The van der Waals surface area contributed by atoms with E-state index in [2.05, 4.69) is 4.98 Å². The van der Waals surface area contributed by atoms with Crippen molar-refractivity contribution in [1.29, 1.82) is 0 Å². The van der Waals surface area contributed by atoms with Crippen LogP contribution in [0.25, 0.3) is 10.9 Å². The van der Waals surface area contributed by atoms with Gasteiger partial charge in [0.1, 0.15) is 17.1 Å². The molecule has 1 aromatic carbocycles. The van der Waals surface area contributed by atoms with Crippen molar-refractivity contribution in [3.05, 3.63) is 41.8 Å². The highest BCUT2D eigenvalue weighted by Gasteiger charge is 2.19. The molecule has 0 spiro atoms. The van der Waals surface area contributed by atoms with Crippen molar-refractivity contribution in [3.63, 3.8) is 0 Å². The monoisotopic (exact) mass is 247 g/mol. The minimum absolute atomic E-state index is 0.183. The molecule has 0 radical (unpaired) electrons. The molecule has 0 saturated carbocycles. The molecule has 2 aromatic rings. The SMILES string of the molecule is CC(C)(C)OC(=O)c1ccc2ccc(F)cc2n1. The molecule has 0 fully saturated rings. The van der Waals surface area contributed by atoms with E-state index in [-0.39, 0.29) is 11.5 Å². The van der Waals surface area contributed by atoms with Crippen LogP contribution < -0.4 is 0 Å². The molecular weight excluding hydrogens is 233 g/mol. The van der Waals surface area contributed by atoms with E-state index in [4.69, 9.17) is 4.74 Å². The molecule has 0 aliphatic rings. The maximum absolute atomic E-state index is 13.1. The van der Waals surface area contributed by atoms with Crippen molar-refractivity contribution in [1.82, 2.24) is 4.98 Å². The third kappa shape index (κ3) is 2.83. The standard InChI is InChI=1S/C14H14FNO2/c1-14(2,3)18-13(17)11-7-5-9-4-6-10(15)8-12(9)16-11/h4-8H,1-3H3. The number of hydrogen-bond acceptors (Lipinski definition) is 3. The van der Waals surface area contributed by atoms with Gasteiger partial charge in [0.25, 0.3) is 0 Å². The summed E-state index contributed by atoms with van der Waals surface area (Å²) >= 11 is 0. The fraction of sp³-hybridized carbons (Fsp3) is 0.286. The van der Waals surface area contributed by atoms with Crippen LogP contribution in [0.2, 0.25) is 0 Å². The number of nitrogens with zero attached hydrogens (tertiary/aromatic N) is 1. The van der Waals surface area contributed by atoms with E-state index in [0.717, 1.165) is 5.39 Å². The van der Waals surface area contributed by atoms with Crippen LogP contribution in [0.15, 0.2) is 30.3 Å². The highest BCUT2D eigenvalue weighted by molar-refractivity contribution is 5.91. The van der Waals surface area contributed by atoms with E-state index in [1.807, 2.05) is 0 Å². The number of fused-ring (bicyclic) bond motifs is 1. The Hall–Kier alpha value is -1.97. The van der Waals surface area contributed by atoms with Gasteiger partial charge >= 0.3 is 5.97 Å². The van der Waals surface area contributed by atoms with Gasteiger partial charge in [-0.25, -0.2) is 14.2 Å². The molecule has 0 saturated heterocycles. The molecule has 0 unspecified atom stereocenters. The predicted octanol–water partition coefficient (Wildman–Crippen LogP) is 3.33. The van der Waals surface area contributed by atoms with E-state index >= 15 is 0 Å². The summed E-state index contributed by atoms with van der Waals surface area (Å²) in [5.74, 6) is -0.884. The molecule has 0 amide bonds. The van der Waals surface area contributed by atoms with Gasteiger partial charge in [-0.1, -0.05) is 6.07 Å². The van der Waals surface area contributed by atoms with Crippen molar-refractivity contribution in [2.75, 3.05) is 0 Å². The zero-order valence-corrected chi connectivity index (χ0v) is 10.5. The fourth-order valence-corrected chi connectivity index (χ4v) is 1.53. The van der Waals surface area contributed by atoms with Crippen molar-refractivity contribution in [2.24, 2.45) is 0 Å². The normalized spacial score (nSPS) is 11.6. The molecule has 0 aliphatic heterocycles. The highest BCUT2D eigenvalue weighted by atomic mass is 19.1. The van der Waals surface area contributed by atoms with Gasteiger partial charge in [-0.05, 0) is 39.0 Å². The lowest BCUT2D eigenvalue weighted by Gasteiger charge is -2.19. The zero-order chi connectivity index (χ0) is 13.3. The zero-order valence-electron chi connectivity index (χ0n) is 10.5. The van der Waals surface area contributed by atoms with Crippen molar-refractivity contribution < 1.29 is 13.9 Å². The summed E-state index contributed by atoms with van der Waals surface area (Å²) in [5, 5.41) is 0.781. The summed E-state index contributed by atoms with van der Waals surface area (Å²) in [4.78, 5) is 15.9. The highest BCUT2D eigenvalue weighted by Crippen LogP contribution is 2.16. The molecule has 2 rings (SSSR count). The molecule has 1 heterocycles. The van der Waals surface area contributed by atoms with Crippen LogP contribution in [0.5, 0.6) is 0 Å². The Morgan fingerprint density at radius 3 is 2.56 bits per heavy atom. The van der Waals surface area contributed by atoms with Crippen LogP contribution in [0.1, 0.15) is 31.3 Å². The molecule has 18 heavy (non-hydrogen) atoms. The molecule has 0 atom stereocenters. The molecule has 4 heteroatoms. The Labute approximate surface area is 105 Å². The third-order valence-corrected chi connectivity index (χ3v) is 2.26. The largest absolute Gasteiger partial charge is 0.455 e. The number of ether oxygens (including phenoxy) is 1. The second-order valence-corrected chi connectivity index (χ2v) is 5.04. The van der Waals surface area contributed by atoms with Gasteiger partial charge in [0.05, 0.1) is 5.52 Å². The van der Waals surface area contributed by atoms with E-state index < -0.39 is 11.6 Å². The summed E-state index contributed by atoms with van der Waals surface area (Å²) in [5.41, 5.74) is 0.0525. The van der Waals surface area contributed by atoms with Crippen molar-refractivity contribution in [3.8, 4) is 0 Å². The lowest BCUT2D eigenvalue weighted by molar-refractivity contribution is 0.00633. The Morgan fingerprint density at radius 2 is 1.89 bits per heavy atom. The smallest absolute Gasteiger partial charge is 0.357 e. The number of esters is 1. The van der Waals surface area contributed by atoms with E-state index in [1.54, 1.807) is 39.0 Å². The van der Waals surface area contributed by atoms with Crippen molar-refractivity contribution in [2.45, 2.75) is 26.4 Å². The number of aromatic nitrogens is 1. The minimum Gasteiger partial charge on any atom is -0.455 e. The van der Waals surface area contributed by atoms with E-state index in [0.29, 0.717) is 5.52 Å². The first kappa shape index (κ1) is 12.5. The number of hydrogen-bond donors (Lipinski definition) is 0. The number of pyridine rings is 1. The Kier molecular flexibility index (Phi) is 3.03. The lowest BCUT2D eigenvalue weighted by Crippen LogP contribution is -2.24. The van der Waals surface area contributed by atoms with Crippen LogP contribution in [0, 0.1) is 5.82 Å². The quantitative estimate of drug-likeness (QED) is 0.725. The molecular formula is C14H14FNO2. The number of carbonyl (C=O) groups is 1. The van der Waals surface area contributed by atoms with E-state index in [1.165, 1.54) is 12.1 Å². The Balaban J connectivity index is 2.37. The average molecular weight is 247 g/mol. The maximum Gasteiger partial charge on any atom is 0.357 e. The first-order valence-corrected chi connectivity index (χ1v) is 5.65. The van der Waals surface area contributed by atoms with Crippen LogP contribution >= 0.6 is 0 Å². The summed E-state index contributed by atoms with van der Waals surface area (Å²) in [6, 6.07) is 7.58. The second-order valence-electron chi connectivity index (χ2n) is 5.04. The van der Waals surface area contributed by atoms with Crippen LogP contribution in [-0.2, 0) is 4.74 Å². The fourth-order valence-electron chi connectivity index (χ4n) is 1.53. The summed E-state index contributed by atoms with van der Waals surface area (Å²) in [6.07, 6.45) is 0. The lowest BCUT2D eigenvalue weighted by atomic mass is 10.2. The molecule has 0 aliphatic carbocycles. The van der Waals surface area contributed by atoms with Crippen LogP contribution in [0.3, 0.4) is 0 Å². The molecule has 94 valence electrons. The van der Waals surface area contributed by atoms with Gasteiger partial charge in [0.15, 0.2) is 0 Å². The summed E-state index contributed by atoms with van der Waals surface area (Å²) < 4.78 is 18.3. The van der Waals surface area contributed by atoms with Gasteiger partial charge in [-0.3, -0.25) is 0 Å². The van der Waals surface area contributed by atoms with Crippen LogP contribution in [-0.4, -0.2) is 16.6 Å². The minimum atomic E-state index is -0.574.